The Kier molecular flexibility index (Phi) is 5.43. The maximum Gasteiger partial charge on any atom is 0.405 e. The Balaban J connectivity index is 3.06. The van der Waals surface area contributed by atoms with E-state index < -0.39 is 12.7 Å². The highest BCUT2D eigenvalue weighted by molar-refractivity contribution is 7.80. The average Bonchev–Trinajstić information content (AvgIpc) is 2.26. The summed E-state index contributed by atoms with van der Waals surface area (Å²) < 4.78 is 37.6. The van der Waals surface area contributed by atoms with Crippen LogP contribution in [0.25, 0.3) is 0 Å². The van der Waals surface area contributed by atoms with Gasteiger partial charge in [0.25, 0.3) is 0 Å². The fraction of sp³-hybridized carbons (Fsp3) is 0.417. The second-order valence-electron chi connectivity index (χ2n) is 4.07. The van der Waals surface area contributed by atoms with Crippen LogP contribution in [0, 0.1) is 0 Å². The minimum absolute atomic E-state index is 0.159. The number of rotatable bonds is 5. The second kappa shape index (κ2) is 6.43. The van der Waals surface area contributed by atoms with Crippen molar-refractivity contribution in [3.63, 3.8) is 0 Å². The number of hydrogen-bond donors (Lipinski definition) is 1. The maximum atomic E-state index is 12.5. The summed E-state index contributed by atoms with van der Waals surface area (Å²) in [5.74, 6) is 0. The molecule has 1 aromatic rings. The minimum Gasteiger partial charge on any atom is -0.389 e. The Morgan fingerprint density at radius 2 is 2.05 bits per heavy atom. The molecule has 0 unspecified atom stereocenters. The van der Waals surface area contributed by atoms with Crippen LogP contribution < -0.4 is 10.6 Å². The van der Waals surface area contributed by atoms with Crippen molar-refractivity contribution >= 4 is 34.5 Å². The Bertz CT molecular complexity index is 463. The van der Waals surface area contributed by atoms with Crippen LogP contribution in [0.5, 0.6) is 0 Å². The van der Waals surface area contributed by atoms with Gasteiger partial charge in [-0.1, -0.05) is 30.7 Å². The lowest BCUT2D eigenvalue weighted by atomic mass is 10.2. The molecule has 0 saturated carbocycles. The Morgan fingerprint density at radius 1 is 1.42 bits per heavy atom. The average molecular weight is 311 g/mol. The smallest absolute Gasteiger partial charge is 0.389 e. The van der Waals surface area contributed by atoms with Gasteiger partial charge < -0.3 is 10.6 Å². The molecule has 1 aromatic carbocycles. The van der Waals surface area contributed by atoms with E-state index in [4.69, 9.17) is 29.6 Å². The first-order valence-corrected chi connectivity index (χ1v) is 6.44. The zero-order chi connectivity index (χ0) is 14.6. The van der Waals surface area contributed by atoms with E-state index >= 15 is 0 Å². The third kappa shape index (κ3) is 4.87. The zero-order valence-electron chi connectivity index (χ0n) is 10.3. The van der Waals surface area contributed by atoms with E-state index in [-0.39, 0.29) is 16.6 Å². The molecule has 106 valence electrons. The Hall–Kier alpha value is -1.01. The lowest BCUT2D eigenvalue weighted by Crippen LogP contribution is -2.35. The molecule has 0 aliphatic carbocycles. The number of alkyl halides is 3. The number of nitrogens with two attached hydrogens (primary N) is 1. The third-order valence-electron chi connectivity index (χ3n) is 2.44. The van der Waals surface area contributed by atoms with Gasteiger partial charge in [-0.2, -0.15) is 13.2 Å². The molecule has 0 fully saturated rings. The monoisotopic (exact) mass is 310 g/mol. The summed E-state index contributed by atoms with van der Waals surface area (Å²) >= 11 is 10.8. The molecular weight excluding hydrogens is 297 g/mol. The molecule has 0 aliphatic heterocycles. The third-order valence-corrected chi connectivity index (χ3v) is 2.97. The lowest BCUT2D eigenvalue weighted by Gasteiger charge is -2.26. The normalized spacial score (nSPS) is 11.4. The van der Waals surface area contributed by atoms with Gasteiger partial charge >= 0.3 is 6.18 Å². The van der Waals surface area contributed by atoms with E-state index in [0.29, 0.717) is 17.7 Å². The first-order chi connectivity index (χ1) is 8.74. The molecule has 0 spiro atoms. The van der Waals surface area contributed by atoms with Crippen molar-refractivity contribution in [3.05, 3.63) is 28.8 Å². The van der Waals surface area contributed by atoms with Gasteiger partial charge in [-0.25, -0.2) is 0 Å². The molecule has 0 saturated heterocycles. The van der Waals surface area contributed by atoms with Crippen LogP contribution in [0.1, 0.15) is 18.9 Å². The van der Waals surface area contributed by atoms with E-state index in [1.165, 1.54) is 17.0 Å². The highest BCUT2D eigenvalue weighted by atomic mass is 35.5. The fourth-order valence-corrected chi connectivity index (χ4v) is 2.11. The van der Waals surface area contributed by atoms with Crippen LogP contribution in [0.3, 0.4) is 0 Å². The summed E-state index contributed by atoms with van der Waals surface area (Å²) in [7, 11) is 0. The topological polar surface area (TPSA) is 29.3 Å². The maximum absolute atomic E-state index is 12.5. The number of thiocarbonyl (C=S) groups is 1. The van der Waals surface area contributed by atoms with E-state index in [1.54, 1.807) is 13.0 Å². The number of halogens is 4. The summed E-state index contributed by atoms with van der Waals surface area (Å²) in [6, 6.07) is 4.57. The Morgan fingerprint density at radius 3 is 2.47 bits per heavy atom. The van der Waals surface area contributed by atoms with Crippen LogP contribution in [0.2, 0.25) is 5.02 Å². The predicted molar refractivity (Wildman–Crippen MR) is 75.9 cm³/mol. The molecule has 0 aromatic heterocycles. The summed E-state index contributed by atoms with van der Waals surface area (Å²) in [5.41, 5.74) is 6.32. The molecule has 2 N–H and O–H groups in total. The van der Waals surface area contributed by atoms with Crippen LogP contribution in [0.4, 0.5) is 18.9 Å². The molecule has 0 amide bonds. The standard InChI is InChI=1S/C12H14ClF3N2S/c1-2-5-18(7-12(14,15)16)10-4-3-8(11(17)19)6-9(10)13/h3-4,6H,2,5,7H2,1H3,(H2,17,19). The highest BCUT2D eigenvalue weighted by Crippen LogP contribution is 2.29. The minimum atomic E-state index is -4.28. The zero-order valence-corrected chi connectivity index (χ0v) is 11.9. The molecule has 0 atom stereocenters. The first kappa shape index (κ1) is 16.0. The number of hydrogen-bond acceptors (Lipinski definition) is 2. The van der Waals surface area contributed by atoms with Crippen molar-refractivity contribution < 1.29 is 13.2 Å². The number of anilines is 1. The number of nitrogens with zero attached hydrogens (tertiary/aromatic N) is 1. The van der Waals surface area contributed by atoms with Gasteiger partial charge in [-0.3, -0.25) is 0 Å². The molecule has 1 rings (SSSR count). The van der Waals surface area contributed by atoms with Crippen LogP contribution in [0.15, 0.2) is 18.2 Å². The quantitative estimate of drug-likeness (QED) is 0.840. The second-order valence-corrected chi connectivity index (χ2v) is 4.91. The van der Waals surface area contributed by atoms with Crippen LogP contribution >= 0.6 is 23.8 Å². The van der Waals surface area contributed by atoms with Gasteiger partial charge in [-0.15, -0.1) is 0 Å². The largest absolute Gasteiger partial charge is 0.405 e. The van der Waals surface area contributed by atoms with Crippen molar-refractivity contribution in [1.29, 1.82) is 0 Å². The lowest BCUT2D eigenvalue weighted by molar-refractivity contribution is -0.119. The molecule has 0 radical (unpaired) electrons. The Labute approximate surface area is 120 Å². The van der Waals surface area contributed by atoms with Crippen LogP contribution in [-0.4, -0.2) is 24.3 Å². The molecule has 2 nitrogen and oxygen atoms in total. The summed E-state index contributed by atoms with van der Waals surface area (Å²) in [6.45, 7) is 1.04. The van der Waals surface area contributed by atoms with Gasteiger partial charge in [0.15, 0.2) is 0 Å². The van der Waals surface area contributed by atoms with E-state index in [9.17, 15) is 13.2 Å². The summed E-state index contributed by atoms with van der Waals surface area (Å²) in [5, 5.41) is 0.211. The predicted octanol–water partition coefficient (Wildman–Crippen LogP) is 3.75. The van der Waals surface area contributed by atoms with Crippen molar-refractivity contribution in [3.8, 4) is 0 Å². The highest BCUT2D eigenvalue weighted by Gasteiger charge is 2.31. The van der Waals surface area contributed by atoms with Crippen molar-refractivity contribution in [2.24, 2.45) is 5.73 Å². The van der Waals surface area contributed by atoms with Crippen molar-refractivity contribution in [1.82, 2.24) is 0 Å². The molecule has 7 heteroatoms. The SMILES string of the molecule is CCCN(CC(F)(F)F)c1ccc(C(N)=S)cc1Cl. The van der Waals surface area contributed by atoms with E-state index in [2.05, 4.69) is 0 Å². The van der Waals surface area contributed by atoms with Gasteiger partial charge in [0.2, 0.25) is 0 Å². The molecule has 0 aliphatic rings. The summed E-state index contributed by atoms with van der Waals surface area (Å²) in [6.07, 6.45) is -3.69. The van der Waals surface area contributed by atoms with E-state index in [0.717, 1.165) is 0 Å². The van der Waals surface area contributed by atoms with Crippen molar-refractivity contribution in [2.75, 3.05) is 18.0 Å². The van der Waals surface area contributed by atoms with Gasteiger partial charge in [0.05, 0.1) is 10.7 Å². The molecule has 0 bridgehead atoms. The molecule has 0 heterocycles. The van der Waals surface area contributed by atoms with Gasteiger partial charge in [-0.05, 0) is 24.6 Å². The fourth-order valence-electron chi connectivity index (χ4n) is 1.69. The van der Waals surface area contributed by atoms with Crippen LogP contribution in [-0.2, 0) is 0 Å². The van der Waals surface area contributed by atoms with Crippen molar-refractivity contribution in [2.45, 2.75) is 19.5 Å². The molecule has 19 heavy (non-hydrogen) atoms. The summed E-state index contributed by atoms with van der Waals surface area (Å²) in [4.78, 5) is 1.36. The number of benzene rings is 1. The molecular formula is C12H14ClF3N2S. The van der Waals surface area contributed by atoms with Gasteiger partial charge in [0, 0.05) is 12.1 Å². The first-order valence-electron chi connectivity index (χ1n) is 5.65. The van der Waals surface area contributed by atoms with Gasteiger partial charge in [0.1, 0.15) is 11.5 Å². The van der Waals surface area contributed by atoms with E-state index in [1.807, 2.05) is 0 Å².